The van der Waals surface area contributed by atoms with Crippen LogP contribution in [0.4, 0.5) is 0 Å². The third-order valence-corrected chi connectivity index (χ3v) is 5.22. The minimum Gasteiger partial charge on any atom is -0.497 e. The van der Waals surface area contributed by atoms with Gasteiger partial charge >= 0.3 is 0 Å². The zero-order valence-electron chi connectivity index (χ0n) is 16.6. The number of carbonyl (C=O) groups excluding carboxylic acids is 1. The van der Waals surface area contributed by atoms with Crippen LogP contribution in [-0.2, 0) is 4.79 Å². The Labute approximate surface area is 164 Å². The summed E-state index contributed by atoms with van der Waals surface area (Å²) >= 11 is 0. The molecular weight excluding hydrogens is 350 g/mol. The summed E-state index contributed by atoms with van der Waals surface area (Å²) in [4.78, 5) is 14.8. The van der Waals surface area contributed by atoms with Gasteiger partial charge in [0, 0.05) is 19.1 Å². The maximum absolute atomic E-state index is 12.6. The predicted octanol–water partition coefficient (Wildman–Crippen LogP) is 2.99. The number of piperidine rings is 1. The van der Waals surface area contributed by atoms with Gasteiger partial charge in [0.15, 0.2) is 0 Å². The van der Waals surface area contributed by atoms with Crippen molar-refractivity contribution < 1.29 is 9.53 Å². The fourth-order valence-corrected chi connectivity index (χ4v) is 3.49. The Kier molecular flexibility index (Phi) is 8.38. The molecule has 2 rings (SSSR count). The van der Waals surface area contributed by atoms with Crippen molar-refractivity contribution in [3.05, 3.63) is 29.8 Å². The maximum Gasteiger partial charge on any atom is 0.234 e. The van der Waals surface area contributed by atoms with Gasteiger partial charge in [0.25, 0.3) is 0 Å². The number of nitrogens with one attached hydrogen (secondary N) is 1. The molecule has 6 heteroatoms. The van der Waals surface area contributed by atoms with Gasteiger partial charge in [-0.2, -0.15) is 0 Å². The lowest BCUT2D eigenvalue weighted by molar-refractivity contribution is -0.124. The van der Waals surface area contributed by atoms with E-state index in [0.29, 0.717) is 12.5 Å². The Morgan fingerprint density at radius 2 is 1.96 bits per heavy atom. The van der Waals surface area contributed by atoms with Gasteiger partial charge in [-0.05, 0) is 35.4 Å². The molecule has 148 valence electrons. The summed E-state index contributed by atoms with van der Waals surface area (Å²) in [6.45, 7) is 10.8. The van der Waals surface area contributed by atoms with Crippen molar-refractivity contribution in [2.24, 2.45) is 17.1 Å². The van der Waals surface area contributed by atoms with Gasteiger partial charge in [0.2, 0.25) is 5.91 Å². The molecule has 1 amide bonds. The standard InChI is InChI=1S/C20H33N3O2.ClH/c1-14(2)19(15-6-8-16(25-5)9-7-15)22-18(24)12-23-11-10-17(21)20(3,4)13-23;/h6-9,14,17,19H,10-13,21H2,1-5H3,(H,22,24);1H. The molecule has 1 heterocycles. The molecule has 2 unspecified atom stereocenters. The molecule has 3 N–H and O–H groups in total. The van der Waals surface area contributed by atoms with Crippen LogP contribution in [0.15, 0.2) is 24.3 Å². The monoisotopic (exact) mass is 383 g/mol. The van der Waals surface area contributed by atoms with E-state index in [4.69, 9.17) is 10.5 Å². The molecule has 0 saturated carbocycles. The average molecular weight is 384 g/mol. The number of hydrogen-bond acceptors (Lipinski definition) is 4. The third-order valence-electron chi connectivity index (χ3n) is 5.22. The minimum absolute atomic E-state index is 0. The van der Waals surface area contributed by atoms with Crippen LogP contribution < -0.4 is 15.8 Å². The Hall–Kier alpha value is -1.30. The molecule has 1 fully saturated rings. The van der Waals surface area contributed by atoms with Crippen LogP contribution in [0.1, 0.15) is 45.7 Å². The molecular formula is C20H34ClN3O2. The zero-order valence-corrected chi connectivity index (χ0v) is 17.4. The zero-order chi connectivity index (χ0) is 18.6. The summed E-state index contributed by atoms with van der Waals surface area (Å²) in [7, 11) is 1.66. The van der Waals surface area contributed by atoms with Gasteiger partial charge in [-0.25, -0.2) is 0 Å². The first-order chi connectivity index (χ1) is 11.7. The van der Waals surface area contributed by atoms with E-state index in [1.54, 1.807) is 7.11 Å². The van der Waals surface area contributed by atoms with Crippen LogP contribution in [0.25, 0.3) is 0 Å². The summed E-state index contributed by atoms with van der Waals surface area (Å²) < 4.78 is 5.21. The predicted molar refractivity (Wildman–Crippen MR) is 109 cm³/mol. The first-order valence-electron chi connectivity index (χ1n) is 9.14. The van der Waals surface area contributed by atoms with Crippen molar-refractivity contribution in [1.82, 2.24) is 10.2 Å². The quantitative estimate of drug-likeness (QED) is 0.792. The Morgan fingerprint density at radius 3 is 2.46 bits per heavy atom. The van der Waals surface area contributed by atoms with Gasteiger partial charge in [0.1, 0.15) is 5.75 Å². The Balaban J connectivity index is 0.00000338. The first-order valence-corrected chi connectivity index (χ1v) is 9.14. The lowest BCUT2D eigenvalue weighted by Crippen LogP contribution is -2.54. The Morgan fingerprint density at radius 1 is 1.35 bits per heavy atom. The first kappa shape index (κ1) is 22.7. The van der Waals surface area contributed by atoms with Gasteiger partial charge < -0.3 is 15.8 Å². The fourth-order valence-electron chi connectivity index (χ4n) is 3.49. The summed E-state index contributed by atoms with van der Waals surface area (Å²) in [5, 5.41) is 3.20. The largest absolute Gasteiger partial charge is 0.497 e. The lowest BCUT2D eigenvalue weighted by atomic mass is 9.80. The Bertz CT molecular complexity index is 575. The van der Waals surface area contributed by atoms with E-state index >= 15 is 0 Å². The van der Waals surface area contributed by atoms with Crippen molar-refractivity contribution in [3.63, 3.8) is 0 Å². The second kappa shape index (κ2) is 9.58. The second-order valence-electron chi connectivity index (χ2n) is 8.16. The molecule has 26 heavy (non-hydrogen) atoms. The van der Waals surface area contributed by atoms with Crippen molar-refractivity contribution in [1.29, 1.82) is 0 Å². The van der Waals surface area contributed by atoms with Crippen LogP contribution in [0, 0.1) is 11.3 Å². The van der Waals surface area contributed by atoms with Crippen LogP contribution in [0.5, 0.6) is 5.75 Å². The number of hydrogen-bond donors (Lipinski definition) is 2. The highest BCUT2D eigenvalue weighted by atomic mass is 35.5. The molecule has 0 aliphatic carbocycles. The normalized spacial score (nSPS) is 21.0. The molecule has 5 nitrogen and oxygen atoms in total. The fraction of sp³-hybridized carbons (Fsp3) is 0.650. The number of nitrogens with zero attached hydrogens (tertiary/aromatic N) is 1. The maximum atomic E-state index is 12.6. The van der Waals surface area contributed by atoms with Crippen LogP contribution in [0.2, 0.25) is 0 Å². The highest BCUT2D eigenvalue weighted by molar-refractivity contribution is 5.85. The van der Waals surface area contributed by atoms with E-state index in [0.717, 1.165) is 30.8 Å². The van der Waals surface area contributed by atoms with Crippen molar-refractivity contribution >= 4 is 18.3 Å². The minimum atomic E-state index is -0.00142. The highest BCUT2D eigenvalue weighted by Crippen LogP contribution is 2.28. The molecule has 0 spiro atoms. The number of carbonyl (C=O) groups is 1. The van der Waals surface area contributed by atoms with Crippen LogP contribution in [0.3, 0.4) is 0 Å². The number of nitrogens with two attached hydrogens (primary N) is 1. The lowest BCUT2D eigenvalue weighted by Gasteiger charge is -2.42. The van der Waals surface area contributed by atoms with E-state index in [9.17, 15) is 4.79 Å². The van der Waals surface area contributed by atoms with Crippen molar-refractivity contribution in [2.45, 2.75) is 46.2 Å². The summed E-state index contributed by atoms with van der Waals surface area (Å²) in [6.07, 6.45) is 0.937. The van der Waals surface area contributed by atoms with E-state index in [1.165, 1.54) is 0 Å². The summed E-state index contributed by atoms with van der Waals surface area (Å²) in [5.41, 5.74) is 7.34. The number of ether oxygens (including phenoxy) is 1. The van der Waals surface area contributed by atoms with Crippen molar-refractivity contribution in [2.75, 3.05) is 26.7 Å². The number of amides is 1. The van der Waals surface area contributed by atoms with Crippen LogP contribution in [-0.4, -0.2) is 43.6 Å². The van der Waals surface area contributed by atoms with Gasteiger partial charge in [-0.3, -0.25) is 9.69 Å². The van der Waals surface area contributed by atoms with Gasteiger partial charge in [-0.1, -0.05) is 39.8 Å². The number of methoxy groups -OCH3 is 1. The number of halogens is 1. The van der Waals surface area contributed by atoms with Crippen molar-refractivity contribution in [3.8, 4) is 5.75 Å². The second-order valence-corrected chi connectivity index (χ2v) is 8.16. The third kappa shape index (κ3) is 5.86. The summed E-state index contributed by atoms with van der Waals surface area (Å²) in [5.74, 6) is 1.20. The molecule has 0 aromatic heterocycles. The number of rotatable bonds is 6. The SMILES string of the molecule is COc1ccc(C(NC(=O)CN2CCC(N)C(C)(C)C2)C(C)C)cc1.Cl. The molecule has 0 bridgehead atoms. The smallest absolute Gasteiger partial charge is 0.234 e. The van der Waals surface area contributed by atoms with Gasteiger partial charge in [0.05, 0.1) is 19.7 Å². The molecule has 1 aromatic carbocycles. The molecule has 1 saturated heterocycles. The highest BCUT2D eigenvalue weighted by Gasteiger charge is 2.34. The molecule has 1 aromatic rings. The molecule has 1 aliphatic rings. The molecule has 2 atom stereocenters. The topological polar surface area (TPSA) is 67.6 Å². The van der Waals surface area contributed by atoms with E-state index in [2.05, 4.69) is 37.9 Å². The van der Waals surface area contributed by atoms with Crippen LogP contribution >= 0.6 is 12.4 Å². The van der Waals surface area contributed by atoms with E-state index in [1.807, 2.05) is 24.3 Å². The number of likely N-dealkylation sites (tertiary alicyclic amines) is 1. The average Bonchev–Trinajstić information content (AvgIpc) is 2.55. The molecule has 0 radical (unpaired) electrons. The van der Waals surface area contributed by atoms with E-state index < -0.39 is 0 Å². The van der Waals surface area contributed by atoms with E-state index in [-0.39, 0.29) is 35.8 Å². The molecule has 1 aliphatic heterocycles. The number of benzene rings is 1. The van der Waals surface area contributed by atoms with Gasteiger partial charge in [-0.15, -0.1) is 12.4 Å². The summed E-state index contributed by atoms with van der Waals surface area (Å²) in [6, 6.07) is 8.11.